The van der Waals surface area contributed by atoms with Gasteiger partial charge in [-0.1, -0.05) is 39.4 Å². The van der Waals surface area contributed by atoms with Crippen LogP contribution >= 0.6 is 27.3 Å². The van der Waals surface area contributed by atoms with Crippen LogP contribution in [-0.2, 0) is 5.33 Å². The largest absolute Gasteiger partial charge is 0.487 e. The minimum atomic E-state index is -0.0618. The van der Waals surface area contributed by atoms with Crippen molar-refractivity contribution in [2.24, 2.45) is 0 Å². The lowest BCUT2D eigenvalue weighted by Gasteiger charge is -1.91. The molecule has 0 N–H and O–H groups in total. The predicted molar refractivity (Wildman–Crippen MR) is 67.3 cm³/mol. The molecule has 1 nitrogen and oxygen atoms in total. The number of alkyl halides is 1. The molecular formula is C12H11BrIOS+. The van der Waals surface area contributed by atoms with E-state index in [2.05, 4.69) is 46.3 Å². The summed E-state index contributed by atoms with van der Waals surface area (Å²) in [6.45, 7) is 0. The molecule has 0 unspecified atom stereocenters. The third-order valence-corrected chi connectivity index (χ3v) is 6.84. The maximum absolute atomic E-state index is 5.21. The summed E-state index contributed by atoms with van der Waals surface area (Å²) in [6.07, 6.45) is 0. The number of hydrogen-bond donors (Lipinski definition) is 0. The lowest BCUT2D eigenvalue weighted by atomic mass is 10.2. The standard InChI is InChI=1S/C12H11BrIOS/c1-15-12-6-5-11(16-12)14-10-4-2-3-9(7-10)8-13/h2-7H,8H2,1H3/q+1. The van der Waals surface area contributed by atoms with E-state index in [4.69, 9.17) is 4.74 Å². The molecule has 0 atom stereocenters. The summed E-state index contributed by atoms with van der Waals surface area (Å²) in [5.41, 5.74) is 1.35. The van der Waals surface area contributed by atoms with Gasteiger partial charge in [0.05, 0.1) is 7.11 Å². The van der Waals surface area contributed by atoms with Crippen molar-refractivity contribution in [3.63, 3.8) is 0 Å². The van der Waals surface area contributed by atoms with Gasteiger partial charge >= 0.3 is 21.2 Å². The second-order valence-electron chi connectivity index (χ2n) is 3.12. The first-order valence-corrected chi connectivity index (χ1v) is 8.85. The Bertz CT molecular complexity index is 470. The van der Waals surface area contributed by atoms with Crippen molar-refractivity contribution in [2.45, 2.75) is 5.33 Å². The Kier molecular flexibility index (Phi) is 4.66. The van der Waals surface area contributed by atoms with Crippen molar-refractivity contribution in [3.05, 3.63) is 48.4 Å². The quantitative estimate of drug-likeness (QED) is 0.535. The van der Waals surface area contributed by atoms with Crippen molar-refractivity contribution in [3.8, 4) is 5.06 Å². The van der Waals surface area contributed by atoms with Gasteiger partial charge in [-0.15, -0.1) is 0 Å². The molecule has 0 spiro atoms. The van der Waals surface area contributed by atoms with Gasteiger partial charge < -0.3 is 4.74 Å². The number of hydrogen-bond acceptors (Lipinski definition) is 2. The first kappa shape index (κ1) is 12.4. The second kappa shape index (κ2) is 6.02. The minimum absolute atomic E-state index is 0.0618. The fourth-order valence-corrected chi connectivity index (χ4v) is 5.68. The van der Waals surface area contributed by atoms with E-state index >= 15 is 0 Å². The van der Waals surface area contributed by atoms with Gasteiger partial charge in [0.15, 0.2) is 8.63 Å². The summed E-state index contributed by atoms with van der Waals surface area (Å²) in [6, 6.07) is 13.0. The van der Waals surface area contributed by atoms with Gasteiger partial charge in [0.25, 0.3) is 2.88 Å². The Hall–Kier alpha value is -0.0700. The third kappa shape index (κ3) is 3.21. The number of rotatable bonds is 4. The average molecular weight is 410 g/mol. The van der Waals surface area contributed by atoms with E-state index in [1.165, 1.54) is 12.0 Å². The smallest absolute Gasteiger partial charge is 0.369 e. The SMILES string of the molecule is COc1ccc([I+]c2cccc(CBr)c2)s1. The Morgan fingerprint density at radius 1 is 1.31 bits per heavy atom. The maximum atomic E-state index is 5.21. The van der Waals surface area contributed by atoms with E-state index in [0.29, 0.717) is 0 Å². The van der Waals surface area contributed by atoms with Crippen molar-refractivity contribution in [1.29, 1.82) is 0 Å². The van der Waals surface area contributed by atoms with Crippen molar-refractivity contribution < 1.29 is 25.9 Å². The Morgan fingerprint density at radius 3 is 2.88 bits per heavy atom. The zero-order valence-electron chi connectivity index (χ0n) is 8.74. The monoisotopic (exact) mass is 409 g/mol. The van der Waals surface area contributed by atoms with Crippen LogP contribution in [0.3, 0.4) is 0 Å². The topological polar surface area (TPSA) is 9.23 Å². The molecule has 0 saturated heterocycles. The molecule has 0 aliphatic carbocycles. The summed E-state index contributed by atoms with van der Waals surface area (Å²) in [4.78, 5) is 0. The van der Waals surface area contributed by atoms with Crippen LogP contribution in [0.2, 0.25) is 0 Å². The Labute approximate surface area is 118 Å². The van der Waals surface area contributed by atoms with E-state index in [1.54, 1.807) is 18.4 Å². The number of benzene rings is 1. The summed E-state index contributed by atoms with van der Waals surface area (Å²) >= 11 is 5.18. The van der Waals surface area contributed by atoms with Gasteiger partial charge in [0.1, 0.15) is 0 Å². The zero-order valence-corrected chi connectivity index (χ0v) is 13.3. The molecule has 0 radical (unpaired) electrons. The van der Waals surface area contributed by atoms with Crippen molar-refractivity contribution in [2.75, 3.05) is 7.11 Å². The highest BCUT2D eigenvalue weighted by atomic mass is 127. The molecule has 0 aliphatic heterocycles. The van der Waals surface area contributed by atoms with E-state index in [9.17, 15) is 0 Å². The molecule has 2 aromatic rings. The number of methoxy groups -OCH3 is 1. The Morgan fingerprint density at radius 2 is 2.19 bits per heavy atom. The molecule has 0 aliphatic rings. The molecule has 0 amide bonds. The van der Waals surface area contributed by atoms with Gasteiger partial charge in [0, 0.05) is 11.4 Å². The summed E-state index contributed by atoms with van der Waals surface area (Å²) in [7, 11) is 1.72. The van der Waals surface area contributed by atoms with Crippen LogP contribution in [0.5, 0.6) is 5.06 Å². The molecule has 1 aromatic heterocycles. The number of ether oxygens (including phenoxy) is 1. The zero-order chi connectivity index (χ0) is 11.4. The van der Waals surface area contributed by atoms with E-state index in [0.717, 1.165) is 10.4 Å². The second-order valence-corrected chi connectivity index (χ2v) is 8.41. The summed E-state index contributed by atoms with van der Waals surface area (Å²) in [5.74, 6) is 0. The molecule has 1 heterocycles. The number of halogens is 2. The van der Waals surface area contributed by atoms with Gasteiger partial charge in [-0.2, -0.15) is 0 Å². The lowest BCUT2D eigenvalue weighted by molar-refractivity contribution is -0.591. The summed E-state index contributed by atoms with van der Waals surface area (Å²) < 4.78 is 8.11. The van der Waals surface area contributed by atoms with Gasteiger partial charge in [-0.3, -0.25) is 0 Å². The highest BCUT2D eigenvalue weighted by Gasteiger charge is 2.18. The molecule has 2 rings (SSSR count). The normalized spacial score (nSPS) is 10.4. The van der Waals surface area contributed by atoms with Crippen LogP contribution in [0.25, 0.3) is 0 Å². The van der Waals surface area contributed by atoms with E-state index in [1.807, 2.05) is 6.07 Å². The third-order valence-electron chi connectivity index (χ3n) is 2.00. The first-order valence-electron chi connectivity index (χ1n) is 4.75. The van der Waals surface area contributed by atoms with Crippen molar-refractivity contribution >= 4 is 27.3 Å². The highest BCUT2D eigenvalue weighted by molar-refractivity contribution is 9.08. The van der Waals surface area contributed by atoms with E-state index in [-0.39, 0.29) is 21.2 Å². The van der Waals surface area contributed by atoms with Crippen LogP contribution in [0, 0.1) is 6.45 Å². The molecule has 16 heavy (non-hydrogen) atoms. The van der Waals surface area contributed by atoms with Crippen LogP contribution in [0.1, 0.15) is 5.56 Å². The molecule has 84 valence electrons. The molecule has 1 aromatic carbocycles. The molecule has 0 bridgehead atoms. The fraction of sp³-hybridized carbons (Fsp3) is 0.167. The van der Waals surface area contributed by atoms with Crippen LogP contribution < -0.4 is 25.9 Å². The average Bonchev–Trinajstić information content (AvgIpc) is 2.77. The molecule has 4 heteroatoms. The summed E-state index contributed by atoms with van der Waals surface area (Å²) in [5, 5.41) is 1.93. The van der Waals surface area contributed by atoms with Crippen LogP contribution in [0.15, 0.2) is 36.4 Å². The molecular weight excluding hydrogens is 399 g/mol. The lowest BCUT2D eigenvalue weighted by Crippen LogP contribution is -3.61. The fourth-order valence-electron chi connectivity index (χ4n) is 1.24. The minimum Gasteiger partial charge on any atom is -0.487 e. The predicted octanol–water partition coefficient (Wildman–Crippen LogP) is 0.780. The molecule has 0 saturated carbocycles. The van der Waals surface area contributed by atoms with E-state index < -0.39 is 0 Å². The van der Waals surface area contributed by atoms with Crippen LogP contribution in [0.4, 0.5) is 0 Å². The first-order chi connectivity index (χ1) is 7.81. The highest BCUT2D eigenvalue weighted by Crippen LogP contribution is 2.17. The van der Waals surface area contributed by atoms with Crippen LogP contribution in [-0.4, -0.2) is 7.11 Å². The molecule has 0 fully saturated rings. The van der Waals surface area contributed by atoms with Gasteiger partial charge in [-0.25, -0.2) is 0 Å². The maximum Gasteiger partial charge on any atom is 0.369 e. The van der Waals surface area contributed by atoms with Gasteiger partial charge in [0.2, 0.25) is 0 Å². The van der Waals surface area contributed by atoms with Crippen molar-refractivity contribution in [1.82, 2.24) is 0 Å². The number of thiophene rings is 1. The Balaban J connectivity index is 2.13. The van der Waals surface area contributed by atoms with Gasteiger partial charge in [-0.05, 0) is 23.8 Å².